The molecule has 0 spiro atoms. The van der Waals surface area contributed by atoms with Gasteiger partial charge in [0.2, 0.25) is 0 Å². The lowest BCUT2D eigenvalue weighted by molar-refractivity contribution is -0.142. The van der Waals surface area contributed by atoms with Gasteiger partial charge < -0.3 is 4.74 Å². The number of ether oxygens (including phenoxy) is 1. The smallest absolute Gasteiger partial charge is 0.305 e. The number of carbonyl (C=O) groups is 1. The zero-order valence-corrected chi connectivity index (χ0v) is 13.7. The monoisotopic (exact) mass is 546 g/mol. The molecule has 0 saturated carbocycles. The van der Waals surface area contributed by atoms with Crippen LogP contribution in [-0.2, 0) is 9.53 Å². The number of hydrogen-bond donors (Lipinski definition) is 0. The van der Waals surface area contributed by atoms with E-state index in [0.717, 1.165) is 1.59 Å². The van der Waals surface area contributed by atoms with Crippen molar-refractivity contribution in [3.05, 3.63) is 5.17 Å². The summed E-state index contributed by atoms with van der Waals surface area (Å²) in [5, 5.41) is 0. The molecule has 0 bridgehead atoms. The number of alkyl halides is 2. The molecule has 0 radical (unpaired) electrons. The Hall–Kier alpha value is 1.98. The van der Waals surface area contributed by atoms with Crippen molar-refractivity contribution in [2.45, 2.75) is 11.4 Å². The zero-order valence-electron chi connectivity index (χ0n) is 5.71. The maximum absolute atomic E-state index is 10.6. The third-order valence-corrected chi connectivity index (χ3v) is 6.31. The fourth-order valence-corrected chi connectivity index (χ4v) is 2.25. The van der Waals surface area contributed by atoms with Crippen LogP contribution in [0.25, 0.3) is 0 Å². The lowest BCUT2D eigenvalue weighted by atomic mass is 10.6. The van der Waals surface area contributed by atoms with Crippen LogP contribution in [0, 0.1) is 0 Å². The summed E-state index contributed by atoms with van der Waals surface area (Å²) >= 11 is 17.5. The van der Waals surface area contributed by atoms with E-state index < -0.39 is 10.5 Å². The predicted molar refractivity (Wildman–Crippen MR) is 75.3 cm³/mol. The molecule has 0 aromatic heterocycles. The highest BCUT2D eigenvalue weighted by Crippen LogP contribution is 2.41. The zero-order chi connectivity index (χ0) is 9.94. The molecular weight excluding hydrogens is 544 g/mol. The van der Waals surface area contributed by atoms with Gasteiger partial charge in [-0.05, 0) is 67.8 Å². The van der Waals surface area contributed by atoms with Crippen molar-refractivity contribution >= 4 is 96.9 Å². The van der Waals surface area contributed by atoms with E-state index in [4.69, 9.17) is 23.2 Å². The molecule has 0 atom stereocenters. The molecule has 0 saturated heterocycles. The third-order valence-electron chi connectivity index (χ3n) is 0.693. The molecule has 7 heteroatoms. The summed E-state index contributed by atoms with van der Waals surface area (Å²) in [5.41, 5.74) is 0. The molecule has 0 aromatic carbocycles. The minimum absolute atomic E-state index is 0.511. The van der Waals surface area contributed by atoms with Crippen molar-refractivity contribution in [3.8, 4) is 0 Å². The van der Waals surface area contributed by atoms with E-state index >= 15 is 0 Å². The second-order valence-electron chi connectivity index (χ2n) is 1.68. The Morgan fingerprint density at radius 1 is 1.33 bits per heavy atom. The van der Waals surface area contributed by atoms with Crippen LogP contribution in [0.4, 0.5) is 0 Å². The fourth-order valence-electron chi connectivity index (χ4n) is 0.335. The first kappa shape index (κ1) is 14.0. The molecule has 0 aliphatic rings. The number of hydrogen-bond acceptors (Lipinski definition) is 2. The van der Waals surface area contributed by atoms with Crippen molar-refractivity contribution in [1.29, 1.82) is 0 Å². The van der Waals surface area contributed by atoms with Crippen LogP contribution in [0.2, 0.25) is 0 Å². The van der Waals surface area contributed by atoms with Gasteiger partial charge in [0.1, 0.15) is 0 Å². The Kier molecular flexibility index (Phi) is 6.71. The van der Waals surface area contributed by atoms with Gasteiger partial charge in [-0.15, -0.1) is 0 Å². The number of esters is 1. The van der Waals surface area contributed by atoms with Crippen molar-refractivity contribution in [2.24, 2.45) is 0 Å². The van der Waals surface area contributed by atoms with E-state index in [9.17, 15) is 4.79 Å². The van der Waals surface area contributed by atoms with Gasteiger partial charge in [0.15, 0.2) is 0 Å². The summed E-state index contributed by atoms with van der Waals surface area (Å²) in [6.07, 6.45) is 0. The van der Waals surface area contributed by atoms with Gasteiger partial charge in [-0.3, -0.25) is 4.79 Å². The van der Waals surface area contributed by atoms with Crippen LogP contribution in [0.3, 0.4) is 0 Å². The number of rotatable bonds is 2. The third kappa shape index (κ3) is 5.01. The van der Waals surface area contributed by atoms with E-state index in [-0.39, 0.29) is 0 Å². The molecule has 0 rings (SSSR count). The molecule has 0 fully saturated rings. The van der Waals surface area contributed by atoms with E-state index in [1.54, 1.807) is 0 Å². The Morgan fingerprint density at radius 2 is 1.75 bits per heavy atom. The Labute approximate surface area is 121 Å². The van der Waals surface area contributed by atoms with Crippen LogP contribution in [0.1, 0.15) is 6.92 Å². The molecule has 0 heterocycles. The van der Waals surface area contributed by atoms with Crippen LogP contribution >= 0.6 is 91.0 Å². The predicted octanol–water partition coefficient (Wildman–Crippen LogP) is 4.16. The molecular formula is C5H3Cl2I3O2. The summed E-state index contributed by atoms with van der Waals surface area (Å²) in [6, 6.07) is 0. The fraction of sp³-hybridized carbons (Fsp3) is 0.400. The van der Waals surface area contributed by atoms with Gasteiger partial charge in [-0.25, -0.2) is 0 Å². The second kappa shape index (κ2) is 5.76. The van der Waals surface area contributed by atoms with Crippen molar-refractivity contribution < 1.29 is 9.53 Å². The topological polar surface area (TPSA) is 26.3 Å². The van der Waals surface area contributed by atoms with Crippen LogP contribution in [-0.4, -0.2) is 10.5 Å². The minimum atomic E-state index is -1.55. The van der Waals surface area contributed by atoms with Gasteiger partial charge in [-0.1, -0.05) is 23.2 Å². The normalized spacial score (nSPS) is 10.8. The molecule has 70 valence electrons. The largest absolute Gasteiger partial charge is 0.424 e. The van der Waals surface area contributed by atoms with Crippen molar-refractivity contribution in [2.75, 3.05) is 0 Å². The van der Waals surface area contributed by atoms with Gasteiger partial charge in [0.25, 0.3) is 4.52 Å². The highest BCUT2D eigenvalue weighted by molar-refractivity contribution is 14.2. The summed E-state index contributed by atoms with van der Waals surface area (Å²) in [6.45, 7) is 1.25. The molecule has 0 unspecified atom stereocenters. The first-order chi connectivity index (χ1) is 5.27. The van der Waals surface area contributed by atoms with Crippen molar-refractivity contribution in [3.63, 3.8) is 0 Å². The molecule has 0 amide bonds. The summed E-state index contributed by atoms with van der Waals surface area (Å²) in [4.78, 5) is 10.6. The maximum Gasteiger partial charge on any atom is 0.305 e. The van der Waals surface area contributed by atoms with Crippen LogP contribution in [0.15, 0.2) is 5.17 Å². The van der Waals surface area contributed by atoms with Gasteiger partial charge in [0.05, 0.1) is 5.17 Å². The second-order valence-corrected chi connectivity index (χ2v) is 8.24. The highest BCUT2D eigenvalue weighted by atomic mass is 127. The van der Waals surface area contributed by atoms with E-state index in [0.29, 0.717) is 3.58 Å². The summed E-state index contributed by atoms with van der Waals surface area (Å²) < 4.78 is 4.57. The molecule has 0 aromatic rings. The minimum Gasteiger partial charge on any atom is -0.424 e. The molecule has 2 nitrogen and oxygen atoms in total. The molecule has 0 aliphatic heterocycles. The van der Waals surface area contributed by atoms with E-state index in [1.165, 1.54) is 6.92 Å². The van der Waals surface area contributed by atoms with Crippen LogP contribution < -0.4 is 0 Å². The molecule has 0 N–H and O–H groups in total. The first-order valence-electron chi connectivity index (χ1n) is 2.56. The maximum atomic E-state index is 10.6. The quantitative estimate of drug-likeness (QED) is 0.296. The van der Waals surface area contributed by atoms with Gasteiger partial charge in [0, 0.05) is 6.92 Å². The summed E-state index contributed by atoms with van der Waals surface area (Å²) in [5.74, 6) is -0.511. The van der Waals surface area contributed by atoms with E-state index in [1.807, 2.05) is 67.8 Å². The lowest BCUT2D eigenvalue weighted by Crippen LogP contribution is -2.21. The molecule has 0 aliphatic carbocycles. The first-order valence-corrected chi connectivity index (χ1v) is 6.55. The Morgan fingerprint density at radius 3 is 2.00 bits per heavy atom. The Bertz CT molecular complexity index is 223. The SMILES string of the molecule is CC(=O)OC(Cl)(Cl)C(I)=C(I)I. The average molecular weight is 547 g/mol. The summed E-state index contributed by atoms with van der Waals surface area (Å²) in [7, 11) is 0. The molecule has 12 heavy (non-hydrogen) atoms. The average Bonchev–Trinajstić information content (AvgIpc) is 1.82. The van der Waals surface area contributed by atoms with Gasteiger partial charge >= 0.3 is 5.97 Å². The Balaban J connectivity index is 4.62. The number of carbonyl (C=O) groups excluding carboxylic acids is 1. The van der Waals surface area contributed by atoms with E-state index in [2.05, 4.69) is 4.74 Å². The van der Waals surface area contributed by atoms with Gasteiger partial charge in [-0.2, -0.15) is 0 Å². The lowest BCUT2D eigenvalue weighted by Gasteiger charge is -2.18. The highest BCUT2D eigenvalue weighted by Gasteiger charge is 2.33. The standard InChI is InChI=1S/C5H3Cl2I3O2/c1-2(11)12-5(6,7)3(8)4(9)10/h1H3. The van der Waals surface area contributed by atoms with Crippen LogP contribution in [0.5, 0.6) is 0 Å². The number of halogens is 5. The van der Waals surface area contributed by atoms with Crippen molar-refractivity contribution in [1.82, 2.24) is 0 Å².